The van der Waals surface area contributed by atoms with Crippen LogP contribution in [0.25, 0.3) is 0 Å². The fourth-order valence-corrected chi connectivity index (χ4v) is 3.78. The summed E-state index contributed by atoms with van der Waals surface area (Å²) in [5.41, 5.74) is 0. The van der Waals surface area contributed by atoms with Crippen molar-refractivity contribution in [3.05, 3.63) is 22.8 Å². The monoisotopic (exact) mass is 304 g/mol. The molecule has 1 aliphatic heterocycles. The summed E-state index contributed by atoms with van der Waals surface area (Å²) in [5.74, 6) is 0.135. The SMILES string of the molecule is O=S(=O)(CC1CCCN1)c1cccc(Br)n1. The van der Waals surface area contributed by atoms with Gasteiger partial charge in [-0.2, -0.15) is 0 Å². The summed E-state index contributed by atoms with van der Waals surface area (Å²) in [7, 11) is -3.27. The predicted octanol–water partition coefficient (Wildman–Crippen LogP) is 1.37. The summed E-state index contributed by atoms with van der Waals surface area (Å²) in [6, 6.07) is 5.01. The minimum atomic E-state index is -3.27. The number of pyridine rings is 1. The van der Waals surface area contributed by atoms with Crippen molar-refractivity contribution in [2.75, 3.05) is 12.3 Å². The molecule has 1 saturated heterocycles. The van der Waals surface area contributed by atoms with Gasteiger partial charge in [-0.15, -0.1) is 0 Å². The average Bonchev–Trinajstić information content (AvgIpc) is 2.70. The molecular weight excluding hydrogens is 292 g/mol. The Morgan fingerprint density at radius 3 is 2.94 bits per heavy atom. The minimum absolute atomic E-state index is 0.0748. The molecule has 16 heavy (non-hydrogen) atoms. The van der Waals surface area contributed by atoms with Gasteiger partial charge in [-0.05, 0) is 47.4 Å². The van der Waals surface area contributed by atoms with E-state index in [0.29, 0.717) is 4.60 Å². The molecule has 1 atom stereocenters. The number of aromatic nitrogens is 1. The average molecular weight is 305 g/mol. The molecular formula is C10H13BrN2O2S. The van der Waals surface area contributed by atoms with E-state index in [-0.39, 0.29) is 16.8 Å². The van der Waals surface area contributed by atoms with Crippen LogP contribution >= 0.6 is 15.9 Å². The maximum absolute atomic E-state index is 12.0. The van der Waals surface area contributed by atoms with Crippen molar-refractivity contribution in [1.29, 1.82) is 0 Å². The third-order valence-corrected chi connectivity index (χ3v) is 4.74. The molecule has 0 amide bonds. The molecule has 6 heteroatoms. The summed E-state index contributed by atoms with van der Waals surface area (Å²) < 4.78 is 24.6. The molecule has 0 radical (unpaired) electrons. The zero-order chi connectivity index (χ0) is 11.6. The van der Waals surface area contributed by atoms with Gasteiger partial charge in [0, 0.05) is 6.04 Å². The molecule has 1 aromatic heterocycles. The summed E-state index contributed by atoms with van der Waals surface area (Å²) in [4.78, 5) is 3.99. The summed E-state index contributed by atoms with van der Waals surface area (Å²) in [6.45, 7) is 0.909. The van der Waals surface area contributed by atoms with Crippen LogP contribution < -0.4 is 5.32 Å². The van der Waals surface area contributed by atoms with E-state index in [1.165, 1.54) is 6.07 Å². The molecule has 2 heterocycles. The lowest BCUT2D eigenvalue weighted by molar-refractivity contribution is 0.573. The fraction of sp³-hybridized carbons (Fsp3) is 0.500. The Labute approximate surface area is 104 Å². The molecule has 2 rings (SSSR count). The Balaban J connectivity index is 2.18. The van der Waals surface area contributed by atoms with E-state index in [1.54, 1.807) is 12.1 Å². The van der Waals surface area contributed by atoms with Crippen LogP contribution in [0.2, 0.25) is 0 Å². The highest BCUT2D eigenvalue weighted by atomic mass is 79.9. The van der Waals surface area contributed by atoms with E-state index in [1.807, 2.05) is 0 Å². The molecule has 0 bridgehead atoms. The topological polar surface area (TPSA) is 59.1 Å². The molecule has 88 valence electrons. The molecule has 1 aliphatic rings. The van der Waals surface area contributed by atoms with Gasteiger partial charge in [-0.1, -0.05) is 6.07 Å². The number of rotatable bonds is 3. The zero-order valence-electron chi connectivity index (χ0n) is 8.69. The van der Waals surface area contributed by atoms with Crippen LogP contribution in [0, 0.1) is 0 Å². The van der Waals surface area contributed by atoms with Crippen molar-refractivity contribution in [2.24, 2.45) is 0 Å². The van der Waals surface area contributed by atoms with Crippen molar-refractivity contribution in [2.45, 2.75) is 23.9 Å². The van der Waals surface area contributed by atoms with Gasteiger partial charge in [0.2, 0.25) is 0 Å². The van der Waals surface area contributed by atoms with Crippen molar-refractivity contribution in [3.63, 3.8) is 0 Å². The van der Waals surface area contributed by atoms with Gasteiger partial charge in [-0.3, -0.25) is 0 Å². The third kappa shape index (κ3) is 2.81. The number of sulfone groups is 1. The van der Waals surface area contributed by atoms with Crippen LogP contribution in [0.4, 0.5) is 0 Å². The largest absolute Gasteiger partial charge is 0.313 e. The van der Waals surface area contributed by atoms with Crippen LogP contribution in [0.15, 0.2) is 27.8 Å². The zero-order valence-corrected chi connectivity index (χ0v) is 11.1. The van der Waals surface area contributed by atoms with Crippen molar-refractivity contribution < 1.29 is 8.42 Å². The minimum Gasteiger partial charge on any atom is -0.313 e. The van der Waals surface area contributed by atoms with Crippen molar-refractivity contribution >= 4 is 25.8 Å². The maximum atomic E-state index is 12.0. The van der Waals surface area contributed by atoms with Crippen LogP contribution in [-0.4, -0.2) is 31.7 Å². The highest BCUT2D eigenvalue weighted by Gasteiger charge is 2.24. The van der Waals surface area contributed by atoms with Crippen LogP contribution in [-0.2, 0) is 9.84 Å². The summed E-state index contributed by atoms with van der Waals surface area (Å²) in [6.07, 6.45) is 1.97. The van der Waals surface area contributed by atoms with Crippen LogP contribution in [0.1, 0.15) is 12.8 Å². The van der Waals surface area contributed by atoms with E-state index < -0.39 is 9.84 Å². The van der Waals surface area contributed by atoms with Gasteiger partial charge in [0.15, 0.2) is 14.9 Å². The van der Waals surface area contributed by atoms with Crippen molar-refractivity contribution in [1.82, 2.24) is 10.3 Å². The quantitative estimate of drug-likeness (QED) is 0.857. The Hall–Kier alpha value is -0.460. The Morgan fingerprint density at radius 1 is 1.50 bits per heavy atom. The first-order valence-electron chi connectivity index (χ1n) is 5.17. The van der Waals surface area contributed by atoms with E-state index in [2.05, 4.69) is 26.2 Å². The van der Waals surface area contributed by atoms with Gasteiger partial charge >= 0.3 is 0 Å². The Bertz CT molecular complexity index is 469. The number of hydrogen-bond acceptors (Lipinski definition) is 4. The Kier molecular flexibility index (Phi) is 3.61. The second-order valence-corrected chi connectivity index (χ2v) is 6.67. The first-order valence-corrected chi connectivity index (χ1v) is 7.61. The predicted molar refractivity (Wildman–Crippen MR) is 65.0 cm³/mol. The molecule has 1 N–H and O–H groups in total. The highest BCUT2D eigenvalue weighted by Crippen LogP contribution is 2.16. The smallest absolute Gasteiger partial charge is 0.197 e. The molecule has 1 aromatic rings. The Morgan fingerprint density at radius 2 is 2.31 bits per heavy atom. The van der Waals surface area contributed by atoms with Crippen molar-refractivity contribution in [3.8, 4) is 0 Å². The normalized spacial score (nSPS) is 21.2. The summed E-state index contributed by atoms with van der Waals surface area (Å²) >= 11 is 3.18. The number of halogens is 1. The van der Waals surface area contributed by atoms with Gasteiger partial charge in [0.1, 0.15) is 4.60 Å². The van der Waals surface area contributed by atoms with Gasteiger partial charge in [-0.25, -0.2) is 13.4 Å². The lowest BCUT2D eigenvalue weighted by Crippen LogP contribution is -2.30. The first-order chi connectivity index (χ1) is 7.58. The molecule has 0 saturated carbocycles. The number of nitrogens with zero attached hydrogens (tertiary/aromatic N) is 1. The lowest BCUT2D eigenvalue weighted by Gasteiger charge is -2.10. The fourth-order valence-electron chi connectivity index (χ4n) is 1.81. The molecule has 1 unspecified atom stereocenters. The van der Waals surface area contributed by atoms with E-state index in [0.717, 1.165) is 19.4 Å². The lowest BCUT2D eigenvalue weighted by atomic mass is 10.3. The molecule has 0 spiro atoms. The molecule has 4 nitrogen and oxygen atoms in total. The first kappa shape index (κ1) is 12.0. The van der Waals surface area contributed by atoms with Gasteiger partial charge in [0.05, 0.1) is 5.75 Å². The van der Waals surface area contributed by atoms with Gasteiger partial charge in [0.25, 0.3) is 0 Å². The van der Waals surface area contributed by atoms with Crippen LogP contribution in [0.5, 0.6) is 0 Å². The molecule has 0 aromatic carbocycles. The second kappa shape index (κ2) is 4.81. The van der Waals surface area contributed by atoms with Gasteiger partial charge < -0.3 is 5.32 Å². The number of nitrogens with one attached hydrogen (secondary N) is 1. The number of hydrogen-bond donors (Lipinski definition) is 1. The standard InChI is InChI=1S/C10H13BrN2O2S/c11-9-4-1-5-10(13-9)16(14,15)7-8-3-2-6-12-8/h1,4-5,8,12H,2-3,6-7H2. The molecule has 1 fully saturated rings. The van der Waals surface area contributed by atoms with Crippen LogP contribution in [0.3, 0.4) is 0 Å². The third-order valence-electron chi connectivity index (χ3n) is 2.59. The summed E-state index contributed by atoms with van der Waals surface area (Å²) in [5, 5.41) is 3.33. The van der Waals surface area contributed by atoms with E-state index in [4.69, 9.17) is 0 Å². The maximum Gasteiger partial charge on any atom is 0.197 e. The second-order valence-electron chi connectivity index (χ2n) is 3.87. The van der Waals surface area contributed by atoms with E-state index >= 15 is 0 Å². The highest BCUT2D eigenvalue weighted by molar-refractivity contribution is 9.10. The molecule has 0 aliphatic carbocycles. The van der Waals surface area contributed by atoms with E-state index in [9.17, 15) is 8.42 Å².